The normalized spacial score (nSPS) is 12.4. The first-order chi connectivity index (χ1) is 22.6. The van der Waals surface area contributed by atoms with E-state index in [0.717, 1.165) is 0 Å². The van der Waals surface area contributed by atoms with Crippen molar-refractivity contribution in [1.82, 2.24) is 4.90 Å². The van der Waals surface area contributed by atoms with Crippen LogP contribution in [0.3, 0.4) is 0 Å². The number of benzene rings is 4. The molecule has 0 aromatic heterocycles. The maximum atomic E-state index is 13.7. The van der Waals surface area contributed by atoms with Crippen LogP contribution < -0.4 is 11.1 Å². The lowest BCUT2D eigenvalue weighted by Crippen LogP contribution is -2.28. The number of nitrogen functional groups attached to an aromatic ring is 1. The van der Waals surface area contributed by atoms with Crippen molar-refractivity contribution in [2.75, 3.05) is 25.9 Å². The van der Waals surface area contributed by atoms with E-state index in [1.54, 1.807) is 49.5 Å². The molecule has 0 spiro atoms. The predicted octanol–water partition coefficient (Wildman–Crippen LogP) is 4.36. The van der Waals surface area contributed by atoms with Crippen LogP contribution in [0.1, 0.15) is 28.8 Å². The molecule has 2 aliphatic rings. The summed E-state index contributed by atoms with van der Waals surface area (Å²) in [5.74, 6) is -1.18. The molecular weight excluding hydrogens is 663 g/mol. The second-order valence-corrected chi connectivity index (χ2v) is 13.9. The number of aliphatic carboxylic acids is 1. The number of carbonyl (C=O) groups is 2. The van der Waals surface area contributed by atoms with Crippen molar-refractivity contribution < 1.29 is 45.1 Å². The highest BCUT2D eigenvalue weighted by Crippen LogP contribution is 2.42. The smallest absolute Gasteiger partial charge is 0.303 e. The van der Waals surface area contributed by atoms with Gasteiger partial charge in [-0.3, -0.25) is 23.7 Å². The van der Waals surface area contributed by atoms with Gasteiger partial charge in [-0.15, -0.1) is 0 Å². The minimum atomic E-state index is -4.83. The van der Waals surface area contributed by atoms with E-state index in [1.807, 2.05) is 0 Å². The summed E-state index contributed by atoms with van der Waals surface area (Å²) in [5.41, 5.74) is 8.83. The molecule has 0 fully saturated rings. The molecule has 3 aromatic rings. The summed E-state index contributed by atoms with van der Waals surface area (Å²) in [7, 11) is -7.63. The van der Waals surface area contributed by atoms with Crippen LogP contribution >= 0.6 is 0 Å². The van der Waals surface area contributed by atoms with Crippen molar-refractivity contribution in [1.29, 1.82) is 0 Å². The summed E-state index contributed by atoms with van der Waals surface area (Å²) in [6.07, 6.45) is 0.401. The summed E-state index contributed by atoms with van der Waals surface area (Å²) in [5, 5.41) is 9.42. The van der Waals surface area contributed by atoms with Crippen LogP contribution in [0.4, 0.5) is 5.69 Å². The van der Waals surface area contributed by atoms with Crippen LogP contribution in [0.15, 0.2) is 98.1 Å². The van der Waals surface area contributed by atoms with Crippen molar-refractivity contribution in [3.63, 3.8) is 0 Å². The molecule has 0 unspecified atom stereocenters. The van der Waals surface area contributed by atoms with E-state index in [-0.39, 0.29) is 65.4 Å². The topological polar surface area (TPSA) is 218 Å². The molecule has 0 radical (unpaired) electrons. The highest BCUT2D eigenvalue weighted by atomic mass is 32.2. The minimum absolute atomic E-state index is 0.0399. The maximum Gasteiger partial charge on any atom is 0.303 e. The number of hydrogen-bond donors (Lipinski definition) is 4. The van der Waals surface area contributed by atoms with E-state index in [2.05, 4.69) is 4.99 Å². The number of nitrogens with zero attached hydrogens (tertiary/aromatic N) is 2. The first kappa shape index (κ1) is 34.3. The molecule has 5 rings (SSSR count). The van der Waals surface area contributed by atoms with Crippen molar-refractivity contribution in [2.45, 2.75) is 29.1 Å². The van der Waals surface area contributed by atoms with Gasteiger partial charge in [-0.2, -0.15) is 16.8 Å². The summed E-state index contributed by atoms with van der Waals surface area (Å²) in [6.45, 7) is 0.224. The van der Waals surface area contributed by atoms with Gasteiger partial charge in [0.15, 0.2) is 0 Å². The SMILES string of the molecule is CN(CCCC(=O)O)C(=O)c1ccccc1-c1c2cc(S(=O)(=O)O)c(=NCCc3ccc(S(=O)(=O)O)cc3)cc-2oc2cc(N)ccc12. The Bertz CT molecular complexity index is 2300. The monoisotopic (exact) mass is 693 g/mol. The third kappa shape index (κ3) is 7.55. The molecule has 1 aliphatic heterocycles. The van der Waals surface area contributed by atoms with Crippen LogP contribution in [-0.2, 0) is 31.5 Å². The number of rotatable bonds is 11. The van der Waals surface area contributed by atoms with Gasteiger partial charge in [0.25, 0.3) is 26.1 Å². The highest BCUT2D eigenvalue weighted by molar-refractivity contribution is 7.86. The van der Waals surface area contributed by atoms with Crippen molar-refractivity contribution in [2.24, 2.45) is 4.99 Å². The zero-order valence-electron chi connectivity index (χ0n) is 25.5. The fraction of sp³-hybridized carbons (Fsp3) is 0.182. The zero-order valence-corrected chi connectivity index (χ0v) is 27.2. The number of fused-ring (bicyclic) bond motifs is 2. The zero-order chi connectivity index (χ0) is 34.8. The molecule has 15 heteroatoms. The molecule has 0 saturated carbocycles. The predicted molar refractivity (Wildman–Crippen MR) is 177 cm³/mol. The number of anilines is 1. The fourth-order valence-corrected chi connectivity index (χ4v) is 6.47. The second-order valence-electron chi connectivity index (χ2n) is 11.0. The Balaban J connectivity index is 1.66. The maximum absolute atomic E-state index is 13.7. The van der Waals surface area contributed by atoms with Crippen LogP contribution in [0.25, 0.3) is 33.4 Å². The summed E-state index contributed by atoms with van der Waals surface area (Å²) >= 11 is 0. The molecule has 0 atom stereocenters. The Morgan fingerprint density at radius 2 is 1.60 bits per heavy atom. The number of amides is 1. The van der Waals surface area contributed by atoms with Crippen molar-refractivity contribution in [3.05, 3.63) is 95.3 Å². The summed E-state index contributed by atoms with van der Waals surface area (Å²) in [4.78, 5) is 29.7. The number of carboxylic acid groups (broad SMARTS) is 1. The van der Waals surface area contributed by atoms with E-state index >= 15 is 0 Å². The number of nitrogens with two attached hydrogens (primary N) is 1. The quantitative estimate of drug-likeness (QED) is 0.0865. The molecule has 5 N–H and O–H groups in total. The van der Waals surface area contributed by atoms with E-state index in [1.165, 1.54) is 41.3 Å². The van der Waals surface area contributed by atoms with Gasteiger partial charge in [0.2, 0.25) is 0 Å². The van der Waals surface area contributed by atoms with Crippen molar-refractivity contribution >= 4 is 48.8 Å². The van der Waals surface area contributed by atoms with Gasteiger partial charge in [0, 0.05) is 66.5 Å². The molecule has 250 valence electrons. The van der Waals surface area contributed by atoms with Crippen LogP contribution in [0.5, 0.6) is 0 Å². The van der Waals surface area contributed by atoms with Crippen LogP contribution in [0.2, 0.25) is 0 Å². The Hall–Kier alpha value is -5.09. The lowest BCUT2D eigenvalue weighted by molar-refractivity contribution is -0.137. The number of carbonyl (C=O) groups excluding carboxylic acids is 1. The van der Waals surface area contributed by atoms with E-state index < -0.39 is 31.1 Å². The average Bonchev–Trinajstić information content (AvgIpc) is 3.02. The average molecular weight is 694 g/mol. The number of carboxylic acids is 1. The van der Waals surface area contributed by atoms with E-state index in [4.69, 9.17) is 15.3 Å². The molecule has 13 nitrogen and oxygen atoms in total. The molecule has 1 amide bonds. The second kappa shape index (κ2) is 13.6. The van der Waals surface area contributed by atoms with Gasteiger partial charge in [-0.1, -0.05) is 30.3 Å². The third-order valence-electron chi connectivity index (χ3n) is 7.66. The molecule has 1 aliphatic carbocycles. The Morgan fingerprint density at radius 1 is 0.896 bits per heavy atom. The molecule has 1 heterocycles. The summed E-state index contributed by atoms with van der Waals surface area (Å²) < 4.78 is 73.7. The van der Waals surface area contributed by atoms with Gasteiger partial charge in [0.05, 0.1) is 10.3 Å². The standard InChI is InChI=1S/C33H31N3O10S2/c1-36(16-4-7-31(37)38)33(39)24-6-3-2-5-23(24)32-25-13-10-21(34)17-28(25)46-29-19-27(30(18-26(29)32)48(43,44)45)35-15-14-20-8-11-22(12-9-20)47(40,41)42/h2-3,5-6,8-13,17-19H,4,7,14-16,34H2,1H3,(H,37,38)(H,40,41,42)(H,43,44,45). The van der Waals surface area contributed by atoms with E-state index in [0.29, 0.717) is 33.3 Å². The Morgan fingerprint density at radius 3 is 2.27 bits per heavy atom. The molecule has 0 bridgehead atoms. The van der Waals surface area contributed by atoms with Crippen LogP contribution in [-0.4, -0.2) is 68.0 Å². The summed E-state index contributed by atoms with van der Waals surface area (Å²) in [6, 6.07) is 19.6. The van der Waals surface area contributed by atoms with Gasteiger partial charge in [0.1, 0.15) is 16.2 Å². The van der Waals surface area contributed by atoms with Crippen molar-refractivity contribution in [3.8, 4) is 22.5 Å². The minimum Gasteiger partial charge on any atom is -0.481 e. The molecule has 0 saturated heterocycles. The lowest BCUT2D eigenvalue weighted by atomic mass is 9.90. The largest absolute Gasteiger partial charge is 0.481 e. The Labute approximate surface area is 275 Å². The van der Waals surface area contributed by atoms with E-state index in [9.17, 15) is 35.5 Å². The molecule has 3 aromatic carbocycles. The third-order valence-corrected chi connectivity index (χ3v) is 9.42. The Kier molecular flexibility index (Phi) is 9.68. The van der Waals surface area contributed by atoms with Crippen LogP contribution in [0, 0.1) is 0 Å². The molecular formula is C33H31N3O10S2. The molecule has 48 heavy (non-hydrogen) atoms. The fourth-order valence-electron chi connectivity index (χ4n) is 5.34. The first-order valence-corrected chi connectivity index (χ1v) is 17.4. The van der Waals surface area contributed by atoms with Gasteiger partial charge >= 0.3 is 5.97 Å². The van der Waals surface area contributed by atoms with Gasteiger partial charge < -0.3 is 20.2 Å². The van der Waals surface area contributed by atoms with Gasteiger partial charge in [-0.05, 0) is 60.4 Å². The number of hydrogen-bond acceptors (Lipinski definition) is 9. The van der Waals surface area contributed by atoms with Gasteiger partial charge in [-0.25, -0.2) is 0 Å². The lowest BCUT2D eigenvalue weighted by Gasteiger charge is -2.21. The highest BCUT2D eigenvalue weighted by Gasteiger charge is 2.26. The first-order valence-electron chi connectivity index (χ1n) is 14.5.